The molecule has 0 heterocycles. The summed E-state index contributed by atoms with van der Waals surface area (Å²) in [7, 11) is 0. The number of hydrogen-bond acceptors (Lipinski definition) is 1. The van der Waals surface area contributed by atoms with Gasteiger partial charge in [0.25, 0.3) is 0 Å². The van der Waals surface area contributed by atoms with E-state index >= 15 is 0 Å². The van der Waals surface area contributed by atoms with E-state index in [9.17, 15) is 0 Å². The predicted molar refractivity (Wildman–Crippen MR) is 59.2 cm³/mol. The maximum absolute atomic E-state index is 6.31. The summed E-state index contributed by atoms with van der Waals surface area (Å²) in [6.45, 7) is 0. The fraction of sp³-hybridized carbons (Fsp3) is 1.00. The quantitative estimate of drug-likeness (QED) is 0.498. The molecule has 0 bridgehead atoms. The second-order valence-electron chi connectivity index (χ2n) is 3.70. The first-order valence-corrected chi connectivity index (χ1v) is 6.80. The van der Waals surface area contributed by atoms with Gasteiger partial charge in [0.15, 0.2) is 0 Å². The molecule has 72 valence electrons. The van der Waals surface area contributed by atoms with Crippen molar-refractivity contribution in [2.45, 2.75) is 43.9 Å². The highest BCUT2D eigenvalue weighted by atomic mass is 35.5. The lowest BCUT2D eigenvalue weighted by Crippen LogP contribution is -2.13. The van der Waals surface area contributed by atoms with E-state index in [0.29, 0.717) is 5.38 Å². The number of hydrogen-bond donors (Lipinski definition) is 0. The zero-order valence-corrected chi connectivity index (χ0v) is 9.46. The van der Waals surface area contributed by atoms with Crippen LogP contribution in [0.4, 0.5) is 0 Å². The third-order valence-corrected chi connectivity index (χ3v) is 3.98. The molecule has 0 saturated heterocycles. The molecule has 0 spiro atoms. The molecule has 0 aromatic carbocycles. The predicted octanol–water partition coefficient (Wildman–Crippen LogP) is 3.93. The van der Waals surface area contributed by atoms with E-state index in [1.165, 1.54) is 44.3 Å². The molecule has 1 aliphatic carbocycles. The first-order valence-electron chi connectivity index (χ1n) is 4.97. The topological polar surface area (TPSA) is 0 Å². The zero-order chi connectivity index (χ0) is 8.81. The van der Waals surface area contributed by atoms with Gasteiger partial charge in [0, 0.05) is 5.38 Å². The molecule has 2 atom stereocenters. The summed E-state index contributed by atoms with van der Waals surface area (Å²) in [5.74, 6) is 2.09. The van der Waals surface area contributed by atoms with Gasteiger partial charge in [-0.1, -0.05) is 19.3 Å². The van der Waals surface area contributed by atoms with Gasteiger partial charge in [0.2, 0.25) is 0 Å². The Kier molecular flexibility index (Phi) is 5.49. The smallest absolute Gasteiger partial charge is 0.0364 e. The van der Waals surface area contributed by atoms with Gasteiger partial charge >= 0.3 is 0 Å². The minimum atomic E-state index is 0.472. The fourth-order valence-electron chi connectivity index (χ4n) is 1.93. The van der Waals surface area contributed by atoms with Crippen molar-refractivity contribution in [1.82, 2.24) is 0 Å². The maximum atomic E-state index is 6.31. The first-order chi connectivity index (χ1) is 5.84. The molecule has 1 fully saturated rings. The van der Waals surface area contributed by atoms with Crippen LogP contribution >= 0.6 is 23.4 Å². The fourth-order valence-corrected chi connectivity index (χ4v) is 2.88. The molecule has 0 aromatic heterocycles. The molecule has 0 aliphatic heterocycles. The van der Waals surface area contributed by atoms with Gasteiger partial charge in [-0.15, -0.1) is 11.6 Å². The lowest BCUT2D eigenvalue weighted by Gasteiger charge is -2.18. The minimum Gasteiger partial charge on any atom is -0.165 e. The lowest BCUT2D eigenvalue weighted by molar-refractivity contribution is 0.457. The van der Waals surface area contributed by atoms with Gasteiger partial charge in [0.05, 0.1) is 0 Å². The Morgan fingerprint density at radius 2 is 2.00 bits per heavy atom. The zero-order valence-electron chi connectivity index (χ0n) is 7.89. The lowest BCUT2D eigenvalue weighted by atomic mass is 9.97. The summed E-state index contributed by atoms with van der Waals surface area (Å²) in [5, 5.41) is 0.472. The molecular formula is C10H19ClS. The Bertz CT molecular complexity index is 116. The average Bonchev–Trinajstić information content (AvgIpc) is 2.27. The highest BCUT2D eigenvalue weighted by molar-refractivity contribution is 7.98. The highest BCUT2D eigenvalue weighted by Crippen LogP contribution is 2.30. The SMILES string of the molecule is CSCCC1CCCCCC1Cl. The van der Waals surface area contributed by atoms with E-state index in [0.717, 1.165) is 5.92 Å². The molecular weight excluding hydrogens is 188 g/mol. The summed E-state index contributed by atoms with van der Waals surface area (Å²) in [5.41, 5.74) is 0. The molecule has 1 saturated carbocycles. The second-order valence-corrected chi connectivity index (χ2v) is 5.24. The van der Waals surface area contributed by atoms with Gasteiger partial charge < -0.3 is 0 Å². The van der Waals surface area contributed by atoms with E-state index in [2.05, 4.69) is 6.26 Å². The average molecular weight is 207 g/mol. The van der Waals surface area contributed by atoms with E-state index in [1.807, 2.05) is 11.8 Å². The molecule has 12 heavy (non-hydrogen) atoms. The van der Waals surface area contributed by atoms with Crippen LogP contribution in [0.2, 0.25) is 0 Å². The van der Waals surface area contributed by atoms with E-state index in [4.69, 9.17) is 11.6 Å². The van der Waals surface area contributed by atoms with Crippen LogP contribution < -0.4 is 0 Å². The highest BCUT2D eigenvalue weighted by Gasteiger charge is 2.20. The van der Waals surface area contributed by atoms with Crippen LogP contribution in [-0.2, 0) is 0 Å². The Labute approximate surface area is 85.4 Å². The number of alkyl halides is 1. The van der Waals surface area contributed by atoms with Crippen molar-refractivity contribution >= 4 is 23.4 Å². The summed E-state index contributed by atoms with van der Waals surface area (Å²) in [6.07, 6.45) is 10.3. The van der Waals surface area contributed by atoms with Crippen molar-refractivity contribution in [1.29, 1.82) is 0 Å². The number of rotatable bonds is 3. The van der Waals surface area contributed by atoms with E-state index in [-0.39, 0.29) is 0 Å². The van der Waals surface area contributed by atoms with Crippen molar-refractivity contribution in [3.8, 4) is 0 Å². The van der Waals surface area contributed by atoms with Gasteiger partial charge in [-0.3, -0.25) is 0 Å². The van der Waals surface area contributed by atoms with Crippen molar-refractivity contribution in [2.24, 2.45) is 5.92 Å². The molecule has 2 heteroatoms. The molecule has 0 nitrogen and oxygen atoms in total. The number of halogens is 1. The molecule has 0 N–H and O–H groups in total. The monoisotopic (exact) mass is 206 g/mol. The molecule has 1 aliphatic rings. The van der Waals surface area contributed by atoms with Crippen molar-refractivity contribution in [2.75, 3.05) is 12.0 Å². The standard InChI is InChI=1S/C10H19ClS/c1-12-8-7-9-5-3-2-4-6-10(9)11/h9-10H,2-8H2,1H3. The van der Waals surface area contributed by atoms with Crippen LogP contribution in [0.1, 0.15) is 38.5 Å². The van der Waals surface area contributed by atoms with Crippen LogP contribution in [0.3, 0.4) is 0 Å². The second kappa shape index (κ2) is 6.15. The third kappa shape index (κ3) is 3.57. The summed E-state index contributed by atoms with van der Waals surface area (Å²) < 4.78 is 0. The van der Waals surface area contributed by atoms with Crippen LogP contribution in [-0.4, -0.2) is 17.4 Å². The van der Waals surface area contributed by atoms with Crippen molar-refractivity contribution in [3.05, 3.63) is 0 Å². The van der Waals surface area contributed by atoms with Crippen molar-refractivity contribution < 1.29 is 0 Å². The van der Waals surface area contributed by atoms with Gasteiger partial charge in [0.1, 0.15) is 0 Å². The first kappa shape index (κ1) is 10.7. The van der Waals surface area contributed by atoms with E-state index in [1.54, 1.807) is 0 Å². The minimum absolute atomic E-state index is 0.472. The van der Waals surface area contributed by atoms with Crippen LogP contribution in [0.15, 0.2) is 0 Å². The number of thioether (sulfide) groups is 1. The van der Waals surface area contributed by atoms with Gasteiger partial charge in [-0.25, -0.2) is 0 Å². The van der Waals surface area contributed by atoms with Crippen LogP contribution in [0.25, 0.3) is 0 Å². The normalized spacial score (nSPS) is 31.5. The third-order valence-electron chi connectivity index (χ3n) is 2.76. The Balaban J connectivity index is 2.26. The molecule has 1 rings (SSSR count). The van der Waals surface area contributed by atoms with Gasteiger partial charge in [-0.2, -0.15) is 11.8 Å². The van der Waals surface area contributed by atoms with Gasteiger partial charge in [-0.05, 0) is 37.2 Å². The Morgan fingerprint density at radius 3 is 2.75 bits per heavy atom. The van der Waals surface area contributed by atoms with E-state index < -0.39 is 0 Å². The van der Waals surface area contributed by atoms with Crippen LogP contribution in [0.5, 0.6) is 0 Å². The largest absolute Gasteiger partial charge is 0.165 e. The molecule has 0 amide bonds. The summed E-state index contributed by atoms with van der Waals surface area (Å²) in [4.78, 5) is 0. The van der Waals surface area contributed by atoms with Crippen LogP contribution in [0, 0.1) is 5.92 Å². The summed E-state index contributed by atoms with van der Waals surface area (Å²) in [6, 6.07) is 0. The Hall–Kier alpha value is 0.640. The van der Waals surface area contributed by atoms with Crippen molar-refractivity contribution in [3.63, 3.8) is 0 Å². The Morgan fingerprint density at radius 1 is 1.25 bits per heavy atom. The maximum Gasteiger partial charge on any atom is 0.0364 e. The molecule has 2 unspecified atom stereocenters. The summed E-state index contributed by atoms with van der Waals surface area (Å²) >= 11 is 8.26. The molecule has 0 aromatic rings. The molecule has 0 radical (unpaired) electrons.